The molecule has 0 saturated heterocycles. The van der Waals surface area contributed by atoms with Gasteiger partial charge in [-0.05, 0) is 28.1 Å². The van der Waals surface area contributed by atoms with Crippen LogP contribution >= 0.6 is 27.3 Å². The molecule has 2 nitrogen and oxygen atoms in total. The zero-order valence-electron chi connectivity index (χ0n) is 9.79. The Bertz CT molecular complexity index is 565. The zero-order valence-corrected chi connectivity index (χ0v) is 12.2. The van der Waals surface area contributed by atoms with E-state index >= 15 is 0 Å². The summed E-state index contributed by atoms with van der Waals surface area (Å²) in [4.78, 5) is 4.33. The van der Waals surface area contributed by atoms with Gasteiger partial charge >= 0.3 is 6.18 Å². The topological polar surface area (TPSA) is 22.1 Å². The standard InChI is InChI=1S/C12H9BrF3NOS/c1-18-6-9-17-10(11(13)19-9)7-2-4-8(5-3-7)12(14,15)16/h2-5H,6H2,1H3. The van der Waals surface area contributed by atoms with Crippen molar-refractivity contribution in [3.8, 4) is 11.3 Å². The van der Waals surface area contributed by atoms with Crippen molar-refractivity contribution < 1.29 is 17.9 Å². The van der Waals surface area contributed by atoms with Gasteiger partial charge in [0.2, 0.25) is 0 Å². The van der Waals surface area contributed by atoms with Crippen molar-refractivity contribution >= 4 is 27.3 Å². The number of nitrogens with zero attached hydrogens (tertiary/aromatic N) is 1. The number of ether oxygens (including phenoxy) is 1. The number of hydrogen-bond donors (Lipinski definition) is 0. The van der Waals surface area contributed by atoms with Crippen LogP contribution in [0.2, 0.25) is 0 Å². The quantitative estimate of drug-likeness (QED) is 0.796. The highest BCUT2D eigenvalue weighted by atomic mass is 79.9. The van der Waals surface area contributed by atoms with Crippen molar-refractivity contribution in [2.45, 2.75) is 12.8 Å². The minimum atomic E-state index is -4.32. The molecule has 0 spiro atoms. The molecule has 0 aliphatic carbocycles. The van der Waals surface area contributed by atoms with E-state index in [1.165, 1.54) is 23.5 Å². The van der Waals surface area contributed by atoms with Crippen LogP contribution in [0.1, 0.15) is 10.6 Å². The molecule has 0 N–H and O–H groups in total. The summed E-state index contributed by atoms with van der Waals surface area (Å²) in [6.07, 6.45) is -4.32. The molecule has 1 aromatic heterocycles. The molecule has 7 heteroatoms. The highest BCUT2D eigenvalue weighted by molar-refractivity contribution is 9.11. The first-order chi connectivity index (χ1) is 8.91. The van der Waals surface area contributed by atoms with Gasteiger partial charge in [-0.3, -0.25) is 0 Å². The Morgan fingerprint density at radius 3 is 2.42 bits per heavy atom. The van der Waals surface area contributed by atoms with Crippen molar-refractivity contribution in [3.63, 3.8) is 0 Å². The van der Waals surface area contributed by atoms with Crippen LogP contribution in [0.3, 0.4) is 0 Å². The van der Waals surface area contributed by atoms with Gasteiger partial charge in [0, 0.05) is 12.7 Å². The minimum Gasteiger partial charge on any atom is -0.378 e. The number of aromatic nitrogens is 1. The molecule has 1 aromatic carbocycles. The molecule has 0 radical (unpaired) electrons. The number of hydrogen-bond acceptors (Lipinski definition) is 3. The van der Waals surface area contributed by atoms with Gasteiger partial charge in [0.15, 0.2) is 0 Å². The SMILES string of the molecule is COCc1nc(-c2ccc(C(F)(F)F)cc2)c(Br)s1. The Morgan fingerprint density at radius 2 is 1.89 bits per heavy atom. The Morgan fingerprint density at radius 1 is 1.26 bits per heavy atom. The number of benzene rings is 1. The highest BCUT2D eigenvalue weighted by Crippen LogP contribution is 2.35. The largest absolute Gasteiger partial charge is 0.416 e. The second-order valence-corrected chi connectivity index (χ2v) is 6.14. The van der Waals surface area contributed by atoms with Crippen LogP contribution in [-0.2, 0) is 17.5 Å². The van der Waals surface area contributed by atoms with E-state index in [9.17, 15) is 13.2 Å². The summed E-state index contributed by atoms with van der Waals surface area (Å²) in [6.45, 7) is 0.379. The van der Waals surface area contributed by atoms with Crippen molar-refractivity contribution in [2.24, 2.45) is 0 Å². The second-order valence-electron chi connectivity index (χ2n) is 3.74. The van der Waals surface area contributed by atoms with Crippen molar-refractivity contribution in [3.05, 3.63) is 38.6 Å². The number of methoxy groups -OCH3 is 1. The van der Waals surface area contributed by atoms with Crippen LogP contribution in [0, 0.1) is 0 Å². The van der Waals surface area contributed by atoms with E-state index in [4.69, 9.17) is 4.74 Å². The summed E-state index contributed by atoms with van der Waals surface area (Å²) >= 11 is 4.76. The predicted molar refractivity (Wildman–Crippen MR) is 71.0 cm³/mol. The molecule has 1 heterocycles. The van der Waals surface area contributed by atoms with E-state index < -0.39 is 11.7 Å². The third-order valence-electron chi connectivity index (χ3n) is 2.38. The van der Waals surface area contributed by atoms with Crippen LogP contribution in [0.5, 0.6) is 0 Å². The molecule has 102 valence electrons. The fraction of sp³-hybridized carbons (Fsp3) is 0.250. The Kier molecular flexibility index (Phi) is 4.27. The van der Waals surface area contributed by atoms with Gasteiger partial charge < -0.3 is 4.74 Å². The smallest absolute Gasteiger partial charge is 0.378 e. The Balaban J connectivity index is 2.32. The van der Waals surface area contributed by atoms with Gasteiger partial charge in [-0.2, -0.15) is 13.2 Å². The molecule has 0 aliphatic rings. The first-order valence-electron chi connectivity index (χ1n) is 5.23. The maximum atomic E-state index is 12.5. The van der Waals surface area contributed by atoms with Crippen LogP contribution < -0.4 is 0 Å². The Hall–Kier alpha value is -0.920. The third-order valence-corrected chi connectivity index (χ3v) is 4.06. The average Bonchev–Trinajstić information content (AvgIpc) is 2.70. The first-order valence-corrected chi connectivity index (χ1v) is 6.84. The zero-order chi connectivity index (χ0) is 14.0. The molecular formula is C12H9BrF3NOS. The van der Waals surface area contributed by atoms with Crippen LogP contribution in [0.15, 0.2) is 28.1 Å². The summed E-state index contributed by atoms with van der Waals surface area (Å²) < 4.78 is 43.2. The van der Waals surface area contributed by atoms with Crippen molar-refractivity contribution in [1.29, 1.82) is 0 Å². The molecule has 2 rings (SSSR count). The lowest BCUT2D eigenvalue weighted by Gasteiger charge is -2.06. The molecule has 0 bridgehead atoms. The molecule has 0 unspecified atom stereocenters. The molecule has 0 amide bonds. The van der Waals surface area contributed by atoms with E-state index in [0.29, 0.717) is 17.9 Å². The molecular weight excluding hydrogens is 343 g/mol. The third kappa shape index (κ3) is 3.34. The fourth-order valence-electron chi connectivity index (χ4n) is 1.52. The van der Waals surface area contributed by atoms with Gasteiger partial charge in [0.25, 0.3) is 0 Å². The van der Waals surface area contributed by atoms with E-state index in [2.05, 4.69) is 20.9 Å². The number of alkyl halides is 3. The molecule has 0 atom stereocenters. The summed E-state index contributed by atoms with van der Waals surface area (Å²) in [5.74, 6) is 0. The van der Waals surface area contributed by atoms with Gasteiger partial charge in [-0.25, -0.2) is 4.98 Å². The first kappa shape index (κ1) is 14.5. The maximum absolute atomic E-state index is 12.5. The molecule has 0 fully saturated rings. The van der Waals surface area contributed by atoms with Gasteiger partial charge in [-0.15, -0.1) is 11.3 Å². The summed E-state index contributed by atoms with van der Waals surface area (Å²) in [7, 11) is 1.56. The highest BCUT2D eigenvalue weighted by Gasteiger charge is 2.30. The monoisotopic (exact) mass is 351 g/mol. The van der Waals surface area contributed by atoms with Crippen molar-refractivity contribution in [2.75, 3.05) is 7.11 Å². The van der Waals surface area contributed by atoms with Crippen LogP contribution in [0.25, 0.3) is 11.3 Å². The van der Waals surface area contributed by atoms with Gasteiger partial charge in [0.1, 0.15) is 5.01 Å². The lowest BCUT2D eigenvalue weighted by molar-refractivity contribution is -0.137. The number of thiazole rings is 1. The van der Waals surface area contributed by atoms with E-state index in [0.717, 1.165) is 20.9 Å². The van der Waals surface area contributed by atoms with Gasteiger partial charge in [0.05, 0.1) is 21.7 Å². The van der Waals surface area contributed by atoms with Gasteiger partial charge in [-0.1, -0.05) is 12.1 Å². The minimum absolute atomic E-state index is 0.379. The predicted octanol–water partition coefficient (Wildman–Crippen LogP) is 4.74. The van der Waals surface area contributed by atoms with E-state index in [1.54, 1.807) is 7.11 Å². The average molecular weight is 352 g/mol. The maximum Gasteiger partial charge on any atom is 0.416 e. The lowest BCUT2D eigenvalue weighted by Crippen LogP contribution is -2.04. The number of rotatable bonds is 3. The van der Waals surface area contributed by atoms with E-state index in [-0.39, 0.29) is 0 Å². The van der Waals surface area contributed by atoms with Crippen LogP contribution in [-0.4, -0.2) is 12.1 Å². The lowest BCUT2D eigenvalue weighted by atomic mass is 10.1. The molecule has 2 aromatic rings. The number of halogens is 4. The summed E-state index contributed by atoms with van der Waals surface area (Å²) in [5.41, 5.74) is 0.601. The van der Waals surface area contributed by atoms with E-state index in [1.807, 2.05) is 0 Å². The Labute approximate surface area is 120 Å². The second kappa shape index (κ2) is 5.60. The normalized spacial score (nSPS) is 11.8. The molecule has 19 heavy (non-hydrogen) atoms. The molecule has 0 saturated carbocycles. The molecule has 0 aliphatic heterocycles. The van der Waals surface area contributed by atoms with Crippen molar-refractivity contribution in [1.82, 2.24) is 4.98 Å². The summed E-state index contributed by atoms with van der Waals surface area (Å²) in [6, 6.07) is 4.94. The van der Waals surface area contributed by atoms with Crippen LogP contribution in [0.4, 0.5) is 13.2 Å². The fourth-order valence-corrected chi connectivity index (χ4v) is 3.18. The summed E-state index contributed by atoms with van der Waals surface area (Å²) in [5, 5.41) is 0.768.